The molecule has 0 bridgehead atoms. The van der Waals surface area contributed by atoms with Gasteiger partial charge in [0.25, 0.3) is 0 Å². The number of carboxylic acid groups (broad SMARTS) is 1. The van der Waals surface area contributed by atoms with E-state index >= 15 is 0 Å². The van der Waals surface area contributed by atoms with Crippen molar-refractivity contribution >= 4 is 46.4 Å². The number of benzene rings is 2. The van der Waals surface area contributed by atoms with Crippen molar-refractivity contribution in [3.05, 3.63) is 81.5 Å². The van der Waals surface area contributed by atoms with Gasteiger partial charge in [0.2, 0.25) is 0 Å². The van der Waals surface area contributed by atoms with Crippen LogP contribution in [-0.2, 0) is 4.79 Å². The van der Waals surface area contributed by atoms with Crippen molar-refractivity contribution in [2.24, 2.45) is 0 Å². The summed E-state index contributed by atoms with van der Waals surface area (Å²) in [6.45, 7) is 3.96. The summed E-state index contributed by atoms with van der Waals surface area (Å²) in [5.74, 6) is -0.994. The Morgan fingerprint density at radius 3 is 2.59 bits per heavy atom. The first-order chi connectivity index (χ1) is 13.9. The highest BCUT2D eigenvalue weighted by molar-refractivity contribution is 8.04. The van der Waals surface area contributed by atoms with Crippen LogP contribution < -0.4 is 0 Å². The Bertz CT molecular complexity index is 1210. The smallest absolute Gasteiger partial charge is 0.342 e. The molecule has 5 nitrogen and oxygen atoms in total. The van der Waals surface area contributed by atoms with E-state index in [1.807, 2.05) is 68.4 Å². The van der Waals surface area contributed by atoms with E-state index in [4.69, 9.17) is 11.6 Å². The van der Waals surface area contributed by atoms with Crippen molar-refractivity contribution in [3.63, 3.8) is 0 Å². The Morgan fingerprint density at radius 2 is 1.90 bits per heavy atom. The van der Waals surface area contributed by atoms with E-state index in [1.54, 1.807) is 6.08 Å². The Labute approximate surface area is 177 Å². The number of imidazole rings is 1. The molecule has 2 aromatic heterocycles. The first kappa shape index (κ1) is 19.4. The predicted octanol–water partition coefficient (Wildman–Crippen LogP) is 5.84. The zero-order chi connectivity index (χ0) is 20.5. The van der Waals surface area contributed by atoms with Crippen LogP contribution in [0.3, 0.4) is 0 Å². The molecule has 0 aliphatic heterocycles. The van der Waals surface area contributed by atoms with Crippen LogP contribution in [0.4, 0.5) is 0 Å². The van der Waals surface area contributed by atoms with E-state index in [2.05, 4.69) is 14.5 Å². The molecule has 4 rings (SSSR count). The third-order valence-corrected chi connectivity index (χ3v) is 5.78. The van der Waals surface area contributed by atoms with E-state index in [9.17, 15) is 9.90 Å². The van der Waals surface area contributed by atoms with E-state index in [-0.39, 0.29) is 4.91 Å². The van der Waals surface area contributed by atoms with Gasteiger partial charge >= 0.3 is 5.97 Å². The molecule has 0 saturated heterocycles. The molecule has 29 heavy (non-hydrogen) atoms. The number of nitrogens with zero attached hydrogens (tertiary/aromatic N) is 2. The molecule has 0 atom stereocenters. The summed E-state index contributed by atoms with van der Waals surface area (Å²) in [6.07, 6.45) is 1.69. The molecule has 4 aromatic rings. The topological polar surface area (TPSA) is 70.9 Å². The van der Waals surface area contributed by atoms with Crippen LogP contribution in [0, 0.1) is 13.8 Å². The fraction of sp³-hybridized carbons (Fsp3) is 0.0909. The largest absolute Gasteiger partial charge is 0.477 e. The van der Waals surface area contributed by atoms with E-state index in [0.717, 1.165) is 45.4 Å². The number of aromatic nitrogens is 3. The molecule has 0 aliphatic carbocycles. The van der Waals surface area contributed by atoms with Crippen LogP contribution in [0.15, 0.2) is 64.7 Å². The Balaban J connectivity index is 1.71. The summed E-state index contributed by atoms with van der Waals surface area (Å²) in [6, 6.07) is 17.2. The van der Waals surface area contributed by atoms with Gasteiger partial charge in [0.05, 0.1) is 11.0 Å². The maximum absolute atomic E-state index is 11.9. The molecule has 0 radical (unpaired) electrons. The number of nitrogens with one attached hydrogen (secondary N) is 1. The third kappa shape index (κ3) is 3.95. The van der Waals surface area contributed by atoms with Crippen molar-refractivity contribution < 1.29 is 9.90 Å². The number of para-hydroxylation sites is 2. The van der Waals surface area contributed by atoms with Crippen molar-refractivity contribution in [1.29, 1.82) is 0 Å². The highest BCUT2D eigenvalue weighted by Gasteiger charge is 2.16. The quantitative estimate of drug-likeness (QED) is 0.312. The number of aromatic amines is 1. The molecular weight excluding hydrogens is 406 g/mol. The zero-order valence-corrected chi connectivity index (χ0v) is 17.4. The van der Waals surface area contributed by atoms with Gasteiger partial charge in [-0.15, -0.1) is 0 Å². The second kappa shape index (κ2) is 7.81. The van der Waals surface area contributed by atoms with E-state index in [1.165, 1.54) is 0 Å². The lowest BCUT2D eigenvalue weighted by Gasteiger charge is -2.09. The summed E-state index contributed by atoms with van der Waals surface area (Å²) in [5, 5.41) is 11.0. The first-order valence-corrected chi connectivity index (χ1v) is 10.1. The first-order valence-electron chi connectivity index (χ1n) is 8.95. The summed E-state index contributed by atoms with van der Waals surface area (Å²) in [4.78, 5) is 19.7. The fourth-order valence-corrected chi connectivity index (χ4v) is 4.19. The number of halogens is 1. The van der Waals surface area contributed by atoms with Crippen molar-refractivity contribution in [3.8, 4) is 5.69 Å². The molecule has 0 saturated carbocycles. The molecular formula is C22H18ClN3O2S. The second-order valence-corrected chi connectivity index (χ2v) is 8.08. The van der Waals surface area contributed by atoms with Gasteiger partial charge in [0, 0.05) is 22.1 Å². The second-order valence-electron chi connectivity index (χ2n) is 6.61. The summed E-state index contributed by atoms with van der Waals surface area (Å²) in [5.41, 5.74) is 5.47. The molecule has 0 aliphatic rings. The molecule has 146 valence electrons. The van der Waals surface area contributed by atoms with Crippen LogP contribution in [-0.4, -0.2) is 25.6 Å². The number of carbonyl (C=O) groups is 1. The van der Waals surface area contributed by atoms with Crippen LogP contribution in [0.2, 0.25) is 5.02 Å². The number of carboxylic acids is 1. The van der Waals surface area contributed by atoms with Gasteiger partial charge < -0.3 is 14.7 Å². The highest BCUT2D eigenvalue weighted by atomic mass is 35.5. The summed E-state index contributed by atoms with van der Waals surface area (Å²) in [7, 11) is 0. The van der Waals surface area contributed by atoms with Gasteiger partial charge in [-0.3, -0.25) is 0 Å². The van der Waals surface area contributed by atoms with Gasteiger partial charge in [-0.2, -0.15) is 0 Å². The molecule has 2 aromatic carbocycles. The van der Waals surface area contributed by atoms with Gasteiger partial charge in [-0.1, -0.05) is 23.7 Å². The minimum atomic E-state index is -0.994. The third-order valence-electron chi connectivity index (χ3n) is 4.63. The lowest BCUT2D eigenvalue weighted by molar-refractivity contribution is -0.131. The Hall–Kier alpha value is -2.96. The fourth-order valence-electron chi connectivity index (χ4n) is 3.28. The average Bonchev–Trinajstić information content (AvgIpc) is 3.22. The SMILES string of the molecule is Cc1cc(/C=C(\Sc2nc3ccccc3[nH]2)C(=O)O)c(C)n1-c1ccc(Cl)cc1. The maximum Gasteiger partial charge on any atom is 0.342 e. The van der Waals surface area contributed by atoms with E-state index in [0.29, 0.717) is 10.2 Å². The lowest BCUT2D eigenvalue weighted by Crippen LogP contribution is -2.00. The Morgan fingerprint density at radius 1 is 1.17 bits per heavy atom. The summed E-state index contributed by atoms with van der Waals surface area (Å²) < 4.78 is 2.08. The van der Waals surface area contributed by atoms with Crippen LogP contribution in [0.25, 0.3) is 22.8 Å². The standard InChI is InChI=1S/C22H18ClN3O2S/c1-13-11-15(14(2)26(13)17-9-7-16(23)8-10-17)12-20(21(27)28)29-22-24-18-5-3-4-6-19(18)25-22/h3-12H,1-2H3,(H,24,25)(H,27,28)/b20-12-. The number of rotatable bonds is 5. The molecule has 2 N–H and O–H groups in total. The summed E-state index contributed by atoms with van der Waals surface area (Å²) >= 11 is 7.11. The predicted molar refractivity (Wildman–Crippen MR) is 118 cm³/mol. The van der Waals surface area contributed by atoms with Crippen LogP contribution in [0.5, 0.6) is 0 Å². The van der Waals surface area contributed by atoms with Gasteiger partial charge in [-0.25, -0.2) is 9.78 Å². The maximum atomic E-state index is 11.9. The van der Waals surface area contributed by atoms with Gasteiger partial charge in [-0.05, 0) is 79.7 Å². The number of hydrogen-bond acceptors (Lipinski definition) is 3. The van der Waals surface area contributed by atoms with Crippen LogP contribution in [0.1, 0.15) is 17.0 Å². The minimum absolute atomic E-state index is 0.195. The van der Waals surface area contributed by atoms with Crippen molar-refractivity contribution in [2.45, 2.75) is 19.0 Å². The molecule has 0 spiro atoms. The van der Waals surface area contributed by atoms with Gasteiger partial charge in [0.15, 0.2) is 5.16 Å². The molecule has 2 heterocycles. The normalized spacial score (nSPS) is 11.9. The average molecular weight is 424 g/mol. The zero-order valence-electron chi connectivity index (χ0n) is 15.8. The number of aliphatic carboxylic acids is 1. The molecule has 0 fully saturated rings. The number of thioether (sulfide) groups is 1. The van der Waals surface area contributed by atoms with Crippen molar-refractivity contribution in [2.75, 3.05) is 0 Å². The number of aryl methyl sites for hydroxylation is 1. The number of fused-ring (bicyclic) bond motifs is 1. The Kier molecular flexibility index (Phi) is 5.22. The van der Waals surface area contributed by atoms with Crippen molar-refractivity contribution in [1.82, 2.24) is 14.5 Å². The van der Waals surface area contributed by atoms with Crippen LogP contribution >= 0.6 is 23.4 Å². The van der Waals surface area contributed by atoms with Gasteiger partial charge in [0.1, 0.15) is 4.91 Å². The minimum Gasteiger partial charge on any atom is -0.477 e. The highest BCUT2D eigenvalue weighted by Crippen LogP contribution is 2.30. The van der Waals surface area contributed by atoms with E-state index < -0.39 is 5.97 Å². The molecule has 0 amide bonds. The molecule has 0 unspecified atom stereocenters. The number of hydrogen-bond donors (Lipinski definition) is 2. The lowest BCUT2D eigenvalue weighted by atomic mass is 10.2. The monoisotopic (exact) mass is 423 g/mol. The number of H-pyrrole nitrogens is 1. The molecule has 7 heteroatoms.